The molecule has 0 aromatic rings. The normalized spacial score (nSPS) is 24.6. The molecule has 126 valence electrons. The molecule has 0 amide bonds. The molecule has 0 aliphatic carbocycles. The zero-order valence-corrected chi connectivity index (χ0v) is 13.6. The zero-order valence-electron chi connectivity index (χ0n) is 13.6. The summed E-state index contributed by atoms with van der Waals surface area (Å²) >= 11 is 0. The summed E-state index contributed by atoms with van der Waals surface area (Å²) in [5.74, 6) is 0. The van der Waals surface area contributed by atoms with Gasteiger partial charge in [-0.15, -0.1) is 0 Å². The van der Waals surface area contributed by atoms with E-state index >= 15 is 0 Å². The summed E-state index contributed by atoms with van der Waals surface area (Å²) in [7, 11) is 0. The Morgan fingerprint density at radius 3 is 2.33 bits per heavy atom. The van der Waals surface area contributed by atoms with Crippen LogP contribution in [0.15, 0.2) is 0 Å². The van der Waals surface area contributed by atoms with Gasteiger partial charge in [-0.1, -0.05) is 6.92 Å². The number of hydrogen-bond donors (Lipinski definition) is 1. The van der Waals surface area contributed by atoms with Crippen molar-refractivity contribution in [1.82, 2.24) is 10.2 Å². The molecule has 1 aliphatic heterocycles. The smallest absolute Gasteiger partial charge is 0.381 e. The predicted molar refractivity (Wildman–Crippen MR) is 78.4 cm³/mol. The van der Waals surface area contributed by atoms with E-state index in [4.69, 9.17) is 4.74 Å². The molecule has 1 fully saturated rings. The van der Waals surface area contributed by atoms with E-state index in [0.29, 0.717) is 32.8 Å². The summed E-state index contributed by atoms with van der Waals surface area (Å²) in [6, 6.07) is 0. The average molecular weight is 310 g/mol. The molecule has 1 unspecified atom stereocenters. The molecular formula is C15H29F3N2O. The SMILES string of the molecule is CCN(CC(F)(F)F)CC1(CNC(C)(C)C)CCCOC1. The first-order chi connectivity index (χ1) is 9.55. The van der Waals surface area contributed by atoms with Gasteiger partial charge in [0.25, 0.3) is 0 Å². The summed E-state index contributed by atoms with van der Waals surface area (Å²) in [6.07, 6.45) is -2.33. The second-order valence-electron chi connectivity index (χ2n) is 7.18. The van der Waals surface area contributed by atoms with Crippen molar-refractivity contribution < 1.29 is 17.9 Å². The first-order valence-electron chi connectivity index (χ1n) is 7.67. The summed E-state index contributed by atoms with van der Waals surface area (Å²) in [4.78, 5) is 1.49. The number of ether oxygens (including phenoxy) is 1. The lowest BCUT2D eigenvalue weighted by Gasteiger charge is -2.42. The Morgan fingerprint density at radius 2 is 1.90 bits per heavy atom. The van der Waals surface area contributed by atoms with Crippen LogP contribution in [0.5, 0.6) is 0 Å². The van der Waals surface area contributed by atoms with Crippen LogP contribution in [0, 0.1) is 5.41 Å². The van der Waals surface area contributed by atoms with Gasteiger partial charge in [-0.25, -0.2) is 0 Å². The summed E-state index contributed by atoms with van der Waals surface area (Å²) in [5, 5.41) is 3.44. The van der Waals surface area contributed by atoms with E-state index < -0.39 is 12.7 Å². The Labute approximate surface area is 126 Å². The molecule has 0 aromatic heterocycles. The van der Waals surface area contributed by atoms with Crippen molar-refractivity contribution in [1.29, 1.82) is 0 Å². The van der Waals surface area contributed by atoms with Gasteiger partial charge in [-0.05, 0) is 40.2 Å². The minimum absolute atomic E-state index is 0.0501. The van der Waals surface area contributed by atoms with Gasteiger partial charge in [0.1, 0.15) is 0 Å². The monoisotopic (exact) mass is 310 g/mol. The maximum atomic E-state index is 12.7. The van der Waals surface area contributed by atoms with Crippen molar-refractivity contribution in [2.45, 2.75) is 52.3 Å². The van der Waals surface area contributed by atoms with E-state index in [0.717, 1.165) is 12.8 Å². The second kappa shape index (κ2) is 7.29. The van der Waals surface area contributed by atoms with Crippen LogP contribution in [0.3, 0.4) is 0 Å². The van der Waals surface area contributed by atoms with Crippen molar-refractivity contribution in [3.05, 3.63) is 0 Å². The lowest BCUT2D eigenvalue weighted by Crippen LogP contribution is -2.53. The van der Waals surface area contributed by atoms with Gasteiger partial charge < -0.3 is 10.1 Å². The molecule has 0 spiro atoms. The van der Waals surface area contributed by atoms with Crippen LogP contribution >= 0.6 is 0 Å². The van der Waals surface area contributed by atoms with Crippen molar-refractivity contribution >= 4 is 0 Å². The minimum atomic E-state index is -4.15. The van der Waals surface area contributed by atoms with Crippen molar-refractivity contribution in [3.8, 4) is 0 Å². The highest BCUT2D eigenvalue weighted by Crippen LogP contribution is 2.31. The fraction of sp³-hybridized carbons (Fsp3) is 1.00. The van der Waals surface area contributed by atoms with Gasteiger partial charge >= 0.3 is 6.18 Å². The molecule has 1 saturated heterocycles. The molecule has 1 atom stereocenters. The number of nitrogens with zero attached hydrogens (tertiary/aromatic N) is 1. The third-order valence-electron chi connectivity index (χ3n) is 3.81. The van der Waals surface area contributed by atoms with E-state index in [1.54, 1.807) is 6.92 Å². The highest BCUT2D eigenvalue weighted by atomic mass is 19.4. The second-order valence-corrected chi connectivity index (χ2v) is 7.18. The fourth-order valence-electron chi connectivity index (χ4n) is 2.69. The molecule has 3 nitrogen and oxygen atoms in total. The molecule has 1 rings (SSSR count). The Hall–Kier alpha value is -0.330. The standard InChI is InChI=1S/C15H29F3N2O/c1-5-20(11-15(16,17)18)10-14(7-6-8-21-12-14)9-19-13(2,3)4/h19H,5-12H2,1-4H3. The topological polar surface area (TPSA) is 24.5 Å². The molecule has 1 heterocycles. The maximum absolute atomic E-state index is 12.7. The highest BCUT2D eigenvalue weighted by Gasteiger charge is 2.38. The van der Waals surface area contributed by atoms with Gasteiger partial charge in [0.05, 0.1) is 13.2 Å². The maximum Gasteiger partial charge on any atom is 0.401 e. The van der Waals surface area contributed by atoms with Crippen LogP contribution in [-0.2, 0) is 4.74 Å². The molecule has 0 saturated carbocycles. The first-order valence-corrected chi connectivity index (χ1v) is 7.67. The average Bonchev–Trinajstić information content (AvgIpc) is 2.34. The Morgan fingerprint density at radius 1 is 1.24 bits per heavy atom. The number of alkyl halides is 3. The van der Waals surface area contributed by atoms with Crippen LogP contribution in [0.4, 0.5) is 13.2 Å². The van der Waals surface area contributed by atoms with Crippen molar-refractivity contribution in [2.24, 2.45) is 5.41 Å². The first kappa shape index (κ1) is 18.7. The van der Waals surface area contributed by atoms with Crippen LogP contribution in [-0.4, -0.2) is 56.0 Å². The van der Waals surface area contributed by atoms with E-state index in [1.807, 2.05) is 0 Å². The third kappa shape index (κ3) is 7.47. The Kier molecular flexibility index (Phi) is 6.50. The zero-order chi connectivity index (χ0) is 16.1. The summed E-state index contributed by atoms with van der Waals surface area (Å²) in [5.41, 5.74) is -0.279. The van der Waals surface area contributed by atoms with E-state index in [2.05, 4.69) is 26.1 Å². The largest absolute Gasteiger partial charge is 0.401 e. The Balaban J connectivity index is 2.71. The number of nitrogens with one attached hydrogen (secondary N) is 1. The lowest BCUT2D eigenvalue weighted by molar-refractivity contribution is -0.151. The fourth-order valence-corrected chi connectivity index (χ4v) is 2.69. The van der Waals surface area contributed by atoms with E-state index in [1.165, 1.54) is 4.90 Å². The van der Waals surface area contributed by atoms with Crippen LogP contribution in [0.25, 0.3) is 0 Å². The van der Waals surface area contributed by atoms with Crippen molar-refractivity contribution in [3.63, 3.8) is 0 Å². The van der Waals surface area contributed by atoms with Gasteiger partial charge in [0.15, 0.2) is 0 Å². The molecule has 6 heteroatoms. The van der Waals surface area contributed by atoms with Crippen LogP contribution < -0.4 is 5.32 Å². The van der Waals surface area contributed by atoms with Gasteiger partial charge in [0, 0.05) is 30.7 Å². The summed E-state index contributed by atoms with van der Waals surface area (Å²) in [6.45, 7) is 9.88. The molecule has 1 aliphatic rings. The third-order valence-corrected chi connectivity index (χ3v) is 3.81. The molecule has 0 radical (unpaired) electrons. The Bertz CT molecular complexity index is 307. The quantitative estimate of drug-likeness (QED) is 0.816. The van der Waals surface area contributed by atoms with E-state index in [9.17, 15) is 13.2 Å². The van der Waals surface area contributed by atoms with Gasteiger partial charge in [0.2, 0.25) is 0 Å². The number of rotatable bonds is 6. The molecule has 0 bridgehead atoms. The summed E-state index contributed by atoms with van der Waals surface area (Å²) < 4.78 is 43.6. The predicted octanol–water partition coefficient (Wildman–Crippen LogP) is 3.06. The number of hydrogen-bond acceptors (Lipinski definition) is 3. The molecular weight excluding hydrogens is 281 g/mol. The molecule has 21 heavy (non-hydrogen) atoms. The number of halogens is 3. The minimum Gasteiger partial charge on any atom is -0.381 e. The van der Waals surface area contributed by atoms with Crippen LogP contribution in [0.1, 0.15) is 40.5 Å². The van der Waals surface area contributed by atoms with E-state index in [-0.39, 0.29) is 11.0 Å². The molecule has 1 N–H and O–H groups in total. The van der Waals surface area contributed by atoms with Gasteiger partial charge in [-0.3, -0.25) is 4.90 Å². The lowest BCUT2D eigenvalue weighted by atomic mass is 9.81. The van der Waals surface area contributed by atoms with Crippen LogP contribution in [0.2, 0.25) is 0 Å². The highest BCUT2D eigenvalue weighted by molar-refractivity contribution is 4.89. The van der Waals surface area contributed by atoms with Gasteiger partial charge in [-0.2, -0.15) is 13.2 Å². The van der Waals surface area contributed by atoms with Crippen molar-refractivity contribution in [2.75, 3.05) is 39.4 Å². The molecule has 0 aromatic carbocycles.